The van der Waals surface area contributed by atoms with Gasteiger partial charge in [-0.1, -0.05) is 12.2 Å². The summed E-state index contributed by atoms with van der Waals surface area (Å²) in [5, 5.41) is 8.05. The monoisotopic (exact) mass is 223 g/mol. The molecule has 0 saturated heterocycles. The van der Waals surface area contributed by atoms with E-state index in [0.717, 1.165) is 12.3 Å². The van der Waals surface area contributed by atoms with Crippen molar-refractivity contribution < 1.29 is 0 Å². The molecule has 0 amide bonds. The molecule has 2 N–H and O–H groups in total. The van der Waals surface area contributed by atoms with E-state index >= 15 is 0 Å². The Kier molecular flexibility index (Phi) is 3.05. The summed E-state index contributed by atoms with van der Waals surface area (Å²) >= 11 is 5.09. The molecule has 15 heavy (non-hydrogen) atoms. The highest BCUT2D eigenvalue weighted by Crippen LogP contribution is 2.39. The van der Waals surface area contributed by atoms with Crippen LogP contribution in [0, 0.1) is 11.8 Å². The van der Waals surface area contributed by atoms with Crippen molar-refractivity contribution in [2.45, 2.75) is 32.7 Å². The molecule has 4 heteroatoms. The number of rotatable bonds is 2. The number of fused-ring (bicyclic) bond motifs is 1. The summed E-state index contributed by atoms with van der Waals surface area (Å²) in [5.74, 6) is 1.40. The summed E-state index contributed by atoms with van der Waals surface area (Å²) in [6.07, 6.45) is 6.85. The smallest absolute Gasteiger partial charge is 0.187 e. The van der Waals surface area contributed by atoms with E-state index in [2.05, 4.69) is 41.8 Å². The number of allylic oxidation sites excluding steroid dienone is 2. The summed E-state index contributed by atoms with van der Waals surface area (Å²) in [7, 11) is 0. The van der Waals surface area contributed by atoms with Crippen molar-refractivity contribution in [1.82, 2.24) is 10.7 Å². The fourth-order valence-corrected chi connectivity index (χ4v) is 2.36. The fourth-order valence-electron chi connectivity index (χ4n) is 2.08. The summed E-state index contributed by atoms with van der Waals surface area (Å²) in [4.78, 5) is 0. The summed E-state index contributed by atoms with van der Waals surface area (Å²) in [6, 6.07) is 0.353. The molecule has 0 aromatic carbocycles. The maximum atomic E-state index is 5.09. The van der Waals surface area contributed by atoms with Crippen LogP contribution in [0.5, 0.6) is 0 Å². The van der Waals surface area contributed by atoms with Crippen LogP contribution in [0.4, 0.5) is 0 Å². The normalized spacial score (nSPS) is 30.2. The predicted octanol–water partition coefficient (Wildman–Crippen LogP) is 1.81. The van der Waals surface area contributed by atoms with Crippen LogP contribution in [0.15, 0.2) is 17.3 Å². The van der Waals surface area contributed by atoms with Gasteiger partial charge in [0.2, 0.25) is 0 Å². The third-order valence-electron chi connectivity index (χ3n) is 2.87. The lowest BCUT2D eigenvalue weighted by molar-refractivity contribution is 0.444. The average Bonchev–Trinajstić information content (AvgIpc) is 2.46. The van der Waals surface area contributed by atoms with Gasteiger partial charge >= 0.3 is 0 Å². The second-order valence-electron chi connectivity index (χ2n) is 4.50. The molecule has 0 spiro atoms. The molecule has 0 heterocycles. The van der Waals surface area contributed by atoms with Gasteiger partial charge in [0, 0.05) is 17.7 Å². The first-order valence-electron chi connectivity index (χ1n) is 5.46. The zero-order chi connectivity index (χ0) is 10.8. The summed E-state index contributed by atoms with van der Waals surface area (Å²) in [5.41, 5.74) is 4.14. The summed E-state index contributed by atoms with van der Waals surface area (Å²) in [6.45, 7) is 4.11. The van der Waals surface area contributed by atoms with Gasteiger partial charge in [-0.15, -0.1) is 0 Å². The number of nitrogens with one attached hydrogen (secondary N) is 2. The molecule has 2 unspecified atom stereocenters. The van der Waals surface area contributed by atoms with Gasteiger partial charge in [0.25, 0.3) is 0 Å². The van der Waals surface area contributed by atoms with Gasteiger partial charge in [-0.2, -0.15) is 5.10 Å². The Bertz CT molecular complexity index is 320. The molecule has 0 bridgehead atoms. The molecule has 0 aromatic heterocycles. The van der Waals surface area contributed by atoms with Gasteiger partial charge in [-0.3, -0.25) is 5.43 Å². The molecular formula is C11H17N3S. The van der Waals surface area contributed by atoms with E-state index in [0.29, 0.717) is 17.1 Å². The van der Waals surface area contributed by atoms with Crippen LogP contribution >= 0.6 is 12.2 Å². The van der Waals surface area contributed by atoms with Crippen molar-refractivity contribution in [2.75, 3.05) is 0 Å². The Morgan fingerprint density at radius 3 is 3.07 bits per heavy atom. The fraction of sp³-hybridized carbons (Fsp3) is 0.636. The minimum absolute atomic E-state index is 0.353. The van der Waals surface area contributed by atoms with E-state index in [4.69, 9.17) is 12.2 Å². The third kappa shape index (κ3) is 2.37. The Morgan fingerprint density at radius 1 is 1.60 bits per heavy atom. The lowest BCUT2D eigenvalue weighted by atomic mass is 9.74. The molecule has 2 atom stereocenters. The lowest BCUT2D eigenvalue weighted by Gasteiger charge is -2.31. The van der Waals surface area contributed by atoms with E-state index in [-0.39, 0.29) is 0 Å². The van der Waals surface area contributed by atoms with Crippen molar-refractivity contribution in [3.8, 4) is 0 Å². The number of hydrazone groups is 1. The minimum atomic E-state index is 0.353. The Balaban J connectivity index is 1.80. The first-order chi connectivity index (χ1) is 7.16. The predicted molar refractivity (Wildman–Crippen MR) is 66.8 cm³/mol. The zero-order valence-electron chi connectivity index (χ0n) is 9.16. The van der Waals surface area contributed by atoms with Crippen molar-refractivity contribution in [3.05, 3.63) is 12.2 Å². The van der Waals surface area contributed by atoms with Gasteiger partial charge in [-0.05, 0) is 44.8 Å². The number of nitrogens with zero attached hydrogens (tertiary/aromatic N) is 1. The average molecular weight is 223 g/mol. The second-order valence-corrected chi connectivity index (χ2v) is 4.91. The van der Waals surface area contributed by atoms with Gasteiger partial charge in [-0.25, -0.2) is 0 Å². The number of hydrogen-bond acceptors (Lipinski definition) is 2. The molecule has 2 rings (SSSR count). The van der Waals surface area contributed by atoms with Crippen LogP contribution in [0.25, 0.3) is 0 Å². The highest BCUT2D eigenvalue weighted by atomic mass is 32.1. The lowest BCUT2D eigenvalue weighted by Crippen LogP contribution is -2.40. The number of hydrogen-bond donors (Lipinski definition) is 2. The topological polar surface area (TPSA) is 36.4 Å². The van der Waals surface area contributed by atoms with Crippen molar-refractivity contribution in [1.29, 1.82) is 0 Å². The van der Waals surface area contributed by atoms with Crippen LogP contribution in [0.3, 0.4) is 0 Å². The van der Waals surface area contributed by atoms with Crippen LogP contribution < -0.4 is 10.7 Å². The number of thiocarbonyl (C=S) groups is 1. The maximum Gasteiger partial charge on any atom is 0.187 e. The van der Waals surface area contributed by atoms with E-state index in [1.807, 2.05) is 0 Å². The Hall–Kier alpha value is -0.900. The molecule has 2 aliphatic carbocycles. The van der Waals surface area contributed by atoms with Crippen molar-refractivity contribution in [3.63, 3.8) is 0 Å². The van der Waals surface area contributed by atoms with Crippen LogP contribution in [-0.2, 0) is 0 Å². The maximum absolute atomic E-state index is 5.09. The van der Waals surface area contributed by atoms with E-state index in [1.165, 1.54) is 12.1 Å². The molecule has 2 aliphatic rings. The third-order valence-corrected chi connectivity index (χ3v) is 3.08. The van der Waals surface area contributed by atoms with Gasteiger partial charge < -0.3 is 5.32 Å². The highest BCUT2D eigenvalue weighted by molar-refractivity contribution is 7.80. The Morgan fingerprint density at radius 2 is 2.40 bits per heavy atom. The summed E-state index contributed by atoms with van der Waals surface area (Å²) < 4.78 is 0. The van der Waals surface area contributed by atoms with Crippen molar-refractivity contribution in [2.24, 2.45) is 16.9 Å². The van der Waals surface area contributed by atoms with Gasteiger partial charge in [0.1, 0.15) is 0 Å². The molecule has 0 radical (unpaired) electrons. The molecule has 3 nitrogen and oxygen atoms in total. The molecule has 1 fully saturated rings. The van der Waals surface area contributed by atoms with Gasteiger partial charge in [0.15, 0.2) is 5.11 Å². The molecule has 0 aliphatic heterocycles. The van der Waals surface area contributed by atoms with Crippen LogP contribution in [-0.4, -0.2) is 16.9 Å². The van der Waals surface area contributed by atoms with Gasteiger partial charge in [0.05, 0.1) is 0 Å². The zero-order valence-corrected chi connectivity index (χ0v) is 9.97. The van der Waals surface area contributed by atoms with Crippen LogP contribution in [0.2, 0.25) is 0 Å². The molecule has 0 aromatic rings. The van der Waals surface area contributed by atoms with E-state index in [9.17, 15) is 0 Å². The molecule has 1 saturated carbocycles. The molecule has 82 valence electrons. The SMILES string of the molecule is CC(C)NC(=S)N/N=C1/CC2CC=CC12. The molecular weight excluding hydrogens is 206 g/mol. The first kappa shape index (κ1) is 10.6. The van der Waals surface area contributed by atoms with E-state index < -0.39 is 0 Å². The van der Waals surface area contributed by atoms with Crippen molar-refractivity contribution >= 4 is 23.0 Å². The standard InChI is InChI=1S/C11H17N3S/c1-7(2)12-11(15)14-13-10-6-8-4-3-5-9(8)10/h3,5,7-9H,4,6H2,1-2H3,(H2,12,14,15)/b13-10-. The highest BCUT2D eigenvalue weighted by Gasteiger charge is 2.37. The largest absolute Gasteiger partial charge is 0.359 e. The Labute approximate surface area is 96.0 Å². The second kappa shape index (κ2) is 4.31. The first-order valence-corrected chi connectivity index (χ1v) is 5.87. The quantitative estimate of drug-likeness (QED) is 0.426. The van der Waals surface area contributed by atoms with E-state index in [1.54, 1.807) is 0 Å². The van der Waals surface area contributed by atoms with Crippen LogP contribution in [0.1, 0.15) is 26.7 Å². The minimum Gasteiger partial charge on any atom is -0.359 e.